The predicted molar refractivity (Wildman–Crippen MR) is 91.8 cm³/mol. The van der Waals surface area contributed by atoms with Crippen molar-refractivity contribution in [3.8, 4) is 0 Å². The van der Waals surface area contributed by atoms with Gasteiger partial charge in [-0.05, 0) is 57.0 Å². The number of fused-ring (bicyclic) bond motifs is 1. The highest BCUT2D eigenvalue weighted by atomic mass is 16.3. The van der Waals surface area contributed by atoms with Crippen molar-refractivity contribution in [1.29, 1.82) is 0 Å². The first-order valence-corrected chi connectivity index (χ1v) is 8.35. The topological polar surface area (TPSA) is 51.3 Å². The summed E-state index contributed by atoms with van der Waals surface area (Å²) in [4.78, 5) is 19.6. The Bertz CT molecular complexity index is 891. The van der Waals surface area contributed by atoms with Gasteiger partial charge < -0.3 is 13.9 Å². The second kappa shape index (κ2) is 5.51. The summed E-state index contributed by atoms with van der Waals surface area (Å²) in [6.45, 7) is 4.00. The van der Waals surface area contributed by atoms with Gasteiger partial charge in [0.05, 0.1) is 23.3 Å². The minimum atomic E-state index is -0.0684. The first-order valence-electron chi connectivity index (χ1n) is 8.35. The molecule has 0 bridgehead atoms. The molecule has 5 heteroatoms. The first kappa shape index (κ1) is 15.0. The van der Waals surface area contributed by atoms with Gasteiger partial charge in [-0.1, -0.05) is 0 Å². The second-order valence-corrected chi connectivity index (χ2v) is 6.56. The van der Waals surface area contributed by atoms with Gasteiger partial charge in [-0.3, -0.25) is 4.79 Å². The van der Waals surface area contributed by atoms with E-state index in [4.69, 9.17) is 4.42 Å². The minimum Gasteiger partial charge on any atom is -0.467 e. The van der Waals surface area contributed by atoms with Crippen LogP contribution in [0.5, 0.6) is 0 Å². The molecule has 4 rings (SSSR count). The zero-order chi connectivity index (χ0) is 16.8. The second-order valence-electron chi connectivity index (χ2n) is 6.56. The molecular formula is C19H21N3O2. The number of hydrogen-bond acceptors (Lipinski definition) is 3. The van der Waals surface area contributed by atoms with E-state index >= 15 is 0 Å². The summed E-state index contributed by atoms with van der Waals surface area (Å²) in [7, 11) is 1.99. The first-order chi connectivity index (χ1) is 11.6. The molecular weight excluding hydrogens is 302 g/mol. The zero-order valence-electron chi connectivity index (χ0n) is 14.2. The minimum absolute atomic E-state index is 0.0478. The van der Waals surface area contributed by atoms with Crippen LogP contribution in [-0.4, -0.2) is 26.4 Å². The number of hydrogen-bond donors (Lipinski definition) is 0. The largest absolute Gasteiger partial charge is 0.467 e. The fraction of sp³-hybridized carbons (Fsp3) is 0.368. The van der Waals surface area contributed by atoms with Crippen molar-refractivity contribution in [1.82, 2.24) is 14.5 Å². The number of imidazole rings is 1. The summed E-state index contributed by atoms with van der Waals surface area (Å²) in [5, 5.41) is 0. The van der Waals surface area contributed by atoms with E-state index in [0.29, 0.717) is 11.6 Å². The van der Waals surface area contributed by atoms with E-state index in [0.717, 1.165) is 35.5 Å². The number of aromatic nitrogens is 2. The van der Waals surface area contributed by atoms with Gasteiger partial charge in [0.2, 0.25) is 0 Å². The number of furan rings is 1. The Morgan fingerprint density at radius 2 is 2.17 bits per heavy atom. The molecule has 1 unspecified atom stereocenters. The average molecular weight is 323 g/mol. The Labute approximate surface area is 140 Å². The Morgan fingerprint density at radius 3 is 2.83 bits per heavy atom. The molecule has 2 aromatic heterocycles. The molecule has 0 saturated heterocycles. The van der Waals surface area contributed by atoms with Crippen LogP contribution in [-0.2, 0) is 7.05 Å². The zero-order valence-corrected chi connectivity index (χ0v) is 14.2. The lowest BCUT2D eigenvalue weighted by atomic mass is 10.1. The van der Waals surface area contributed by atoms with E-state index in [9.17, 15) is 4.79 Å². The molecule has 3 aromatic rings. The fourth-order valence-corrected chi connectivity index (χ4v) is 3.28. The van der Waals surface area contributed by atoms with Crippen LogP contribution in [0.25, 0.3) is 11.0 Å². The van der Waals surface area contributed by atoms with Crippen molar-refractivity contribution < 1.29 is 9.21 Å². The molecule has 1 saturated carbocycles. The van der Waals surface area contributed by atoms with Gasteiger partial charge in [-0.2, -0.15) is 0 Å². The lowest BCUT2D eigenvalue weighted by molar-refractivity contribution is 0.0653. The molecule has 1 aliphatic rings. The smallest absolute Gasteiger partial charge is 0.254 e. The molecule has 1 aromatic carbocycles. The number of benzene rings is 1. The maximum atomic E-state index is 13.1. The molecule has 0 aliphatic heterocycles. The Hall–Kier alpha value is -2.56. The van der Waals surface area contributed by atoms with Crippen molar-refractivity contribution in [3.05, 3.63) is 53.7 Å². The quantitative estimate of drug-likeness (QED) is 0.733. The number of nitrogens with zero attached hydrogens (tertiary/aromatic N) is 3. The fourth-order valence-electron chi connectivity index (χ4n) is 3.28. The van der Waals surface area contributed by atoms with Crippen molar-refractivity contribution >= 4 is 16.9 Å². The van der Waals surface area contributed by atoms with Gasteiger partial charge in [0.15, 0.2) is 0 Å². The molecule has 1 amide bonds. The normalized spacial score (nSPS) is 15.6. The van der Waals surface area contributed by atoms with E-state index in [1.165, 1.54) is 0 Å². The number of carbonyl (C=O) groups excluding carboxylic acids is 1. The van der Waals surface area contributed by atoms with Crippen LogP contribution in [0.3, 0.4) is 0 Å². The van der Waals surface area contributed by atoms with E-state index in [2.05, 4.69) is 4.98 Å². The van der Waals surface area contributed by atoms with Gasteiger partial charge in [0.25, 0.3) is 5.91 Å². The molecule has 1 fully saturated rings. The van der Waals surface area contributed by atoms with Gasteiger partial charge >= 0.3 is 0 Å². The van der Waals surface area contributed by atoms with Crippen molar-refractivity contribution in [2.24, 2.45) is 7.05 Å². The number of rotatable bonds is 4. The Kier molecular flexibility index (Phi) is 3.44. The lowest BCUT2D eigenvalue weighted by Gasteiger charge is -2.28. The van der Waals surface area contributed by atoms with Gasteiger partial charge in [0, 0.05) is 18.7 Å². The third-order valence-electron chi connectivity index (χ3n) is 4.90. The monoisotopic (exact) mass is 323 g/mol. The molecule has 0 N–H and O–H groups in total. The highest BCUT2D eigenvalue weighted by molar-refractivity contribution is 5.98. The number of carbonyl (C=O) groups is 1. The van der Waals surface area contributed by atoms with Gasteiger partial charge in [-0.15, -0.1) is 0 Å². The van der Waals surface area contributed by atoms with E-state index < -0.39 is 0 Å². The summed E-state index contributed by atoms with van der Waals surface area (Å²) < 4.78 is 7.56. The maximum absolute atomic E-state index is 13.1. The molecule has 0 spiro atoms. The predicted octanol–water partition coefficient (Wildman–Crippen LogP) is 3.84. The highest BCUT2D eigenvalue weighted by Gasteiger charge is 2.37. The van der Waals surface area contributed by atoms with Crippen LogP contribution in [0.4, 0.5) is 0 Å². The van der Waals surface area contributed by atoms with Crippen LogP contribution < -0.4 is 0 Å². The van der Waals surface area contributed by atoms with Crippen LogP contribution in [0.15, 0.2) is 41.0 Å². The van der Waals surface area contributed by atoms with E-state index in [1.807, 2.05) is 60.7 Å². The van der Waals surface area contributed by atoms with Crippen molar-refractivity contribution in [3.63, 3.8) is 0 Å². The molecule has 2 heterocycles. The lowest BCUT2D eigenvalue weighted by Crippen LogP contribution is -2.35. The van der Waals surface area contributed by atoms with E-state index in [1.54, 1.807) is 6.26 Å². The third kappa shape index (κ3) is 2.40. The summed E-state index contributed by atoms with van der Waals surface area (Å²) in [6.07, 6.45) is 3.77. The summed E-state index contributed by atoms with van der Waals surface area (Å²) in [6, 6.07) is 9.80. The average Bonchev–Trinajstić information content (AvgIpc) is 3.16. The number of aryl methyl sites for hydroxylation is 2. The van der Waals surface area contributed by atoms with Gasteiger partial charge in [-0.25, -0.2) is 4.98 Å². The summed E-state index contributed by atoms with van der Waals surface area (Å²) in [5.74, 6) is 1.81. The summed E-state index contributed by atoms with van der Waals surface area (Å²) >= 11 is 0. The highest BCUT2D eigenvalue weighted by Crippen LogP contribution is 2.36. The van der Waals surface area contributed by atoms with Crippen molar-refractivity contribution in [2.75, 3.05) is 0 Å². The molecule has 24 heavy (non-hydrogen) atoms. The molecule has 0 radical (unpaired) electrons. The standard InChI is InChI=1S/C19H21N3O2/c1-12(18-5-4-10-24-18)22(15-7-8-15)19(23)14-6-9-17-16(11-14)20-13(2)21(17)3/h4-6,9-12,15H,7-8H2,1-3H3. The molecule has 1 atom stereocenters. The number of amides is 1. The van der Waals surface area contributed by atoms with Crippen LogP contribution in [0.1, 0.15) is 47.7 Å². The molecule has 1 aliphatic carbocycles. The SMILES string of the molecule is Cc1nc2cc(C(=O)N(C3CC3)C(C)c3ccco3)ccc2n1C. The maximum Gasteiger partial charge on any atom is 0.254 e. The molecule has 124 valence electrons. The summed E-state index contributed by atoms with van der Waals surface area (Å²) in [5.41, 5.74) is 2.59. The Morgan fingerprint density at radius 1 is 1.38 bits per heavy atom. The Balaban J connectivity index is 1.70. The third-order valence-corrected chi connectivity index (χ3v) is 4.90. The van der Waals surface area contributed by atoms with Crippen LogP contribution in [0.2, 0.25) is 0 Å². The van der Waals surface area contributed by atoms with Crippen molar-refractivity contribution in [2.45, 2.75) is 38.8 Å². The molecule has 5 nitrogen and oxygen atoms in total. The van der Waals surface area contributed by atoms with E-state index in [-0.39, 0.29) is 11.9 Å². The van der Waals surface area contributed by atoms with Gasteiger partial charge in [0.1, 0.15) is 11.6 Å². The van der Waals surface area contributed by atoms with Crippen LogP contribution >= 0.6 is 0 Å². The van der Waals surface area contributed by atoms with Crippen LogP contribution in [0, 0.1) is 6.92 Å².